The number of β-lactam (4-membered cyclic amide) rings is 1. The Balaban J connectivity index is 1.44. The van der Waals surface area contributed by atoms with E-state index in [1.807, 2.05) is 60.7 Å². The highest BCUT2D eigenvalue weighted by atomic mass is 32.2. The number of amides is 1. The zero-order chi connectivity index (χ0) is 26.2. The number of hydrogen-bond acceptors (Lipinski definition) is 7. The third kappa shape index (κ3) is 4.52. The van der Waals surface area contributed by atoms with E-state index in [0.717, 1.165) is 11.1 Å². The smallest absolute Gasteiger partial charge is 0.335 e. The summed E-state index contributed by atoms with van der Waals surface area (Å²) in [7, 11) is 0. The van der Waals surface area contributed by atoms with E-state index in [-0.39, 0.29) is 18.1 Å². The summed E-state index contributed by atoms with van der Waals surface area (Å²) < 4.78 is 5.05. The fourth-order valence-electron chi connectivity index (χ4n) is 4.64. The van der Waals surface area contributed by atoms with Crippen molar-refractivity contribution in [2.75, 3.05) is 6.61 Å². The Morgan fingerprint density at radius 3 is 2.30 bits per heavy atom. The normalized spacial score (nSPS) is 23.6. The van der Waals surface area contributed by atoms with Gasteiger partial charge in [-0.2, -0.15) is 0 Å². The van der Waals surface area contributed by atoms with E-state index in [1.165, 1.54) is 41.1 Å². The molecule has 1 unspecified atom stereocenters. The van der Waals surface area contributed by atoms with Crippen LogP contribution in [0, 0.1) is 0 Å². The monoisotopic (exact) mass is 516 g/mol. The molecule has 1 amide bonds. The van der Waals surface area contributed by atoms with Gasteiger partial charge in [0.15, 0.2) is 6.10 Å². The van der Waals surface area contributed by atoms with Gasteiger partial charge in [0, 0.05) is 6.20 Å². The van der Waals surface area contributed by atoms with Crippen molar-refractivity contribution >= 4 is 35.7 Å². The highest BCUT2D eigenvalue weighted by Gasteiger charge is 2.63. The number of carboxylic acids is 1. The number of nitrogens with zero attached hydrogens (tertiary/aromatic N) is 2. The van der Waals surface area contributed by atoms with E-state index in [9.17, 15) is 24.6 Å². The van der Waals surface area contributed by atoms with Crippen molar-refractivity contribution < 1.29 is 29.3 Å². The van der Waals surface area contributed by atoms with Crippen molar-refractivity contribution in [2.45, 2.75) is 29.2 Å². The van der Waals surface area contributed by atoms with Gasteiger partial charge in [0.25, 0.3) is 5.91 Å². The molecule has 5 rings (SSSR count). The van der Waals surface area contributed by atoms with Gasteiger partial charge < -0.3 is 19.8 Å². The minimum atomic E-state index is -1.10. The maximum absolute atomic E-state index is 13.7. The Kier molecular flexibility index (Phi) is 6.57. The summed E-state index contributed by atoms with van der Waals surface area (Å²) in [5.41, 5.74) is 2.34. The number of carboxylic acid groups (broad SMARTS) is 1. The van der Waals surface area contributed by atoms with Crippen LogP contribution in [0.2, 0.25) is 0 Å². The van der Waals surface area contributed by atoms with Gasteiger partial charge in [0.05, 0.1) is 28.2 Å². The van der Waals surface area contributed by atoms with Crippen LogP contribution >= 0.6 is 11.8 Å². The van der Waals surface area contributed by atoms with E-state index in [1.54, 1.807) is 6.92 Å². The van der Waals surface area contributed by atoms with Gasteiger partial charge in [-0.15, -0.1) is 11.8 Å². The first kappa shape index (κ1) is 24.7. The fourth-order valence-corrected chi connectivity index (χ4v) is 6.19. The second-order valence-electron chi connectivity index (χ2n) is 9.07. The summed E-state index contributed by atoms with van der Waals surface area (Å²) in [4.78, 5) is 43.8. The molecular formula is C28H24N2O6S. The van der Waals surface area contributed by atoms with E-state index < -0.39 is 34.2 Å². The Morgan fingerprint density at radius 2 is 1.73 bits per heavy atom. The van der Waals surface area contributed by atoms with Gasteiger partial charge in [0.1, 0.15) is 11.4 Å². The average molecular weight is 517 g/mol. The largest absolute Gasteiger partial charge is 0.478 e. The van der Waals surface area contributed by atoms with E-state index in [4.69, 9.17) is 4.74 Å². The number of carbonyl (C=O) groups is 3. The molecule has 2 fully saturated rings. The van der Waals surface area contributed by atoms with Gasteiger partial charge in [0.2, 0.25) is 0 Å². The van der Waals surface area contributed by atoms with Gasteiger partial charge >= 0.3 is 11.9 Å². The topological polar surface area (TPSA) is 117 Å². The van der Waals surface area contributed by atoms with E-state index in [2.05, 4.69) is 4.98 Å². The molecule has 2 N–H and O–H groups in total. The zero-order valence-corrected chi connectivity index (χ0v) is 20.7. The number of ether oxygens (including phenoxy) is 1. The van der Waals surface area contributed by atoms with Gasteiger partial charge in [-0.3, -0.25) is 9.78 Å². The predicted molar refractivity (Wildman–Crippen MR) is 137 cm³/mol. The molecule has 2 aliphatic heterocycles. The average Bonchev–Trinajstić information content (AvgIpc) is 3.21. The highest BCUT2D eigenvalue weighted by Crippen LogP contribution is 2.54. The molecule has 8 nitrogen and oxygen atoms in total. The number of fused-ring (bicyclic) bond motifs is 1. The first-order valence-electron chi connectivity index (χ1n) is 11.6. The SMILES string of the molecule is C[C@@]1(CO)SC2C(=Cc3cc(C(=O)O)ccn3)C(=O)N2[C@H]1C(=O)OC(c1ccccc1)c1ccccc1. The quantitative estimate of drug-likeness (QED) is 0.278. The van der Waals surface area contributed by atoms with Crippen molar-refractivity contribution in [1.82, 2.24) is 9.88 Å². The molecule has 37 heavy (non-hydrogen) atoms. The lowest BCUT2D eigenvalue weighted by Crippen LogP contribution is -2.59. The Labute approximate surface area is 217 Å². The number of thioether (sulfide) groups is 1. The maximum Gasteiger partial charge on any atom is 0.335 e. The standard InChI is InChI=1S/C28H24N2O6S/c1-28(16-31)23(27(35)36-22(17-8-4-2-5-9-17)18-10-6-3-7-11-18)30-24(32)21(25(30)37-28)15-20-14-19(26(33)34)12-13-29-20/h2-15,22-23,25,31H,16H2,1H3,(H,33,34)/t23-,25?,28-/m0/s1. The molecule has 3 atom stereocenters. The summed E-state index contributed by atoms with van der Waals surface area (Å²) in [5, 5.41) is 19.0. The third-order valence-electron chi connectivity index (χ3n) is 6.54. The van der Waals surface area contributed by atoms with Crippen LogP contribution < -0.4 is 0 Å². The number of rotatable bonds is 7. The van der Waals surface area contributed by atoms with Gasteiger partial charge in [-0.05, 0) is 36.3 Å². The van der Waals surface area contributed by atoms with Crippen LogP contribution in [0.1, 0.15) is 40.2 Å². The minimum absolute atomic E-state index is 0.0547. The predicted octanol–water partition coefficient (Wildman–Crippen LogP) is 3.53. The number of benzene rings is 2. The van der Waals surface area contributed by atoms with Gasteiger partial charge in [-0.1, -0.05) is 60.7 Å². The summed E-state index contributed by atoms with van der Waals surface area (Å²) in [5.74, 6) is -2.08. The lowest BCUT2D eigenvalue weighted by molar-refractivity contribution is -0.161. The number of aromatic nitrogens is 1. The number of carbonyl (C=O) groups excluding carboxylic acids is 2. The van der Waals surface area contributed by atoms with Crippen molar-refractivity contribution in [1.29, 1.82) is 0 Å². The van der Waals surface area contributed by atoms with Crippen LogP contribution in [-0.4, -0.2) is 60.7 Å². The van der Waals surface area contributed by atoms with Crippen LogP contribution in [0.15, 0.2) is 84.6 Å². The van der Waals surface area contributed by atoms with E-state index >= 15 is 0 Å². The number of aliphatic hydroxyl groups excluding tert-OH is 1. The number of pyridine rings is 1. The number of aliphatic hydroxyl groups is 1. The van der Waals surface area contributed by atoms with Crippen LogP contribution in [0.5, 0.6) is 0 Å². The molecule has 2 aromatic carbocycles. The third-order valence-corrected chi connectivity index (χ3v) is 8.14. The van der Waals surface area contributed by atoms with Crippen LogP contribution in [0.4, 0.5) is 0 Å². The van der Waals surface area contributed by atoms with Crippen molar-refractivity contribution in [3.63, 3.8) is 0 Å². The second kappa shape index (κ2) is 9.84. The van der Waals surface area contributed by atoms with Crippen LogP contribution in [-0.2, 0) is 14.3 Å². The zero-order valence-electron chi connectivity index (χ0n) is 19.9. The summed E-state index contributed by atoms with van der Waals surface area (Å²) >= 11 is 1.30. The summed E-state index contributed by atoms with van der Waals surface area (Å²) in [6.45, 7) is 1.38. The molecule has 0 spiro atoms. The Morgan fingerprint density at radius 1 is 1.11 bits per heavy atom. The molecule has 188 valence electrons. The minimum Gasteiger partial charge on any atom is -0.478 e. The molecule has 1 aromatic heterocycles. The maximum atomic E-state index is 13.7. The summed E-state index contributed by atoms with van der Waals surface area (Å²) in [6, 6.07) is 20.4. The van der Waals surface area contributed by atoms with Crippen molar-refractivity contribution in [2.24, 2.45) is 0 Å². The molecule has 0 radical (unpaired) electrons. The van der Waals surface area contributed by atoms with Crippen LogP contribution in [0.25, 0.3) is 6.08 Å². The molecule has 0 aliphatic carbocycles. The second-order valence-corrected chi connectivity index (χ2v) is 10.7. The summed E-state index contributed by atoms with van der Waals surface area (Å²) in [6.07, 6.45) is 2.21. The molecule has 2 aliphatic rings. The lowest BCUT2D eigenvalue weighted by atomic mass is 9.94. The first-order valence-corrected chi connectivity index (χ1v) is 12.5. The fraction of sp³-hybridized carbons (Fsp3) is 0.214. The number of hydrogen-bond donors (Lipinski definition) is 2. The van der Waals surface area contributed by atoms with E-state index in [0.29, 0.717) is 11.3 Å². The number of esters is 1. The van der Waals surface area contributed by atoms with Crippen molar-refractivity contribution in [3.8, 4) is 0 Å². The Bertz CT molecular complexity index is 1340. The molecule has 3 aromatic rings. The van der Waals surface area contributed by atoms with Crippen LogP contribution in [0.3, 0.4) is 0 Å². The first-order chi connectivity index (χ1) is 17.8. The van der Waals surface area contributed by atoms with Gasteiger partial charge in [-0.25, -0.2) is 9.59 Å². The lowest BCUT2D eigenvalue weighted by Gasteiger charge is -2.40. The molecule has 3 heterocycles. The Hall–Kier alpha value is -3.95. The molecular weight excluding hydrogens is 492 g/mol. The molecule has 9 heteroatoms. The van der Waals surface area contributed by atoms with Crippen molar-refractivity contribution in [3.05, 3.63) is 107 Å². The molecule has 0 saturated carbocycles. The molecule has 2 saturated heterocycles. The number of aromatic carboxylic acids is 1. The molecule has 0 bridgehead atoms. The highest BCUT2D eigenvalue weighted by molar-refractivity contribution is 8.02.